The SMILES string of the molecule is CCc1cnc(C(C)NCc2cccc(Cl)c2O)s1. The Hall–Kier alpha value is -1.10. The summed E-state index contributed by atoms with van der Waals surface area (Å²) >= 11 is 7.60. The fraction of sp³-hybridized carbons (Fsp3) is 0.357. The molecule has 0 saturated heterocycles. The molecule has 1 aromatic carbocycles. The van der Waals surface area contributed by atoms with Gasteiger partial charge in [0.15, 0.2) is 0 Å². The van der Waals surface area contributed by atoms with Crippen LogP contribution in [0.2, 0.25) is 5.02 Å². The number of halogens is 1. The van der Waals surface area contributed by atoms with E-state index in [4.69, 9.17) is 11.6 Å². The zero-order chi connectivity index (χ0) is 13.8. The summed E-state index contributed by atoms with van der Waals surface area (Å²) in [5, 5.41) is 14.6. The number of aryl methyl sites for hydroxylation is 1. The fourth-order valence-electron chi connectivity index (χ4n) is 1.74. The van der Waals surface area contributed by atoms with E-state index in [9.17, 15) is 5.11 Å². The molecule has 0 amide bonds. The number of rotatable bonds is 5. The van der Waals surface area contributed by atoms with Crippen molar-refractivity contribution in [1.82, 2.24) is 10.3 Å². The Kier molecular flexibility index (Phi) is 4.80. The van der Waals surface area contributed by atoms with Crippen LogP contribution in [0.15, 0.2) is 24.4 Å². The fourth-order valence-corrected chi connectivity index (χ4v) is 2.82. The predicted molar refractivity (Wildman–Crippen MR) is 79.9 cm³/mol. The molecule has 1 unspecified atom stereocenters. The lowest BCUT2D eigenvalue weighted by Gasteiger charge is -2.12. The number of hydrogen-bond donors (Lipinski definition) is 2. The molecule has 1 atom stereocenters. The van der Waals surface area contributed by atoms with Crippen molar-refractivity contribution >= 4 is 22.9 Å². The average Bonchev–Trinajstić information content (AvgIpc) is 2.89. The molecular formula is C14H17ClN2OS. The zero-order valence-electron chi connectivity index (χ0n) is 11.0. The molecule has 102 valence electrons. The minimum absolute atomic E-state index is 0.150. The summed E-state index contributed by atoms with van der Waals surface area (Å²) in [6, 6.07) is 5.53. The lowest BCUT2D eigenvalue weighted by Crippen LogP contribution is -2.17. The Labute approximate surface area is 122 Å². The van der Waals surface area contributed by atoms with Gasteiger partial charge in [0.25, 0.3) is 0 Å². The van der Waals surface area contributed by atoms with Crippen LogP contribution in [0.25, 0.3) is 0 Å². The van der Waals surface area contributed by atoms with Crippen molar-refractivity contribution < 1.29 is 5.11 Å². The third-order valence-corrected chi connectivity index (χ3v) is 4.59. The lowest BCUT2D eigenvalue weighted by molar-refractivity contribution is 0.460. The lowest BCUT2D eigenvalue weighted by atomic mass is 10.2. The van der Waals surface area contributed by atoms with E-state index in [-0.39, 0.29) is 11.8 Å². The molecule has 0 fully saturated rings. The summed E-state index contributed by atoms with van der Waals surface area (Å²) in [7, 11) is 0. The number of nitrogens with one attached hydrogen (secondary N) is 1. The van der Waals surface area contributed by atoms with Crippen LogP contribution < -0.4 is 5.32 Å². The first-order valence-electron chi connectivity index (χ1n) is 6.26. The van der Waals surface area contributed by atoms with Crippen LogP contribution in [0, 0.1) is 0 Å². The molecule has 19 heavy (non-hydrogen) atoms. The Bertz CT molecular complexity index is 556. The first-order chi connectivity index (χ1) is 9.11. The minimum atomic E-state index is 0.150. The van der Waals surface area contributed by atoms with Crippen LogP contribution in [0.4, 0.5) is 0 Å². The molecule has 0 radical (unpaired) electrons. The second kappa shape index (κ2) is 6.37. The number of para-hydroxylation sites is 1. The van der Waals surface area contributed by atoms with E-state index in [0.717, 1.165) is 17.0 Å². The molecule has 2 aromatic rings. The largest absolute Gasteiger partial charge is 0.506 e. The van der Waals surface area contributed by atoms with Crippen molar-refractivity contribution in [1.29, 1.82) is 0 Å². The number of phenolic OH excluding ortho intramolecular Hbond substituents is 1. The maximum Gasteiger partial charge on any atom is 0.138 e. The molecule has 2 rings (SSSR count). The van der Waals surface area contributed by atoms with Crippen LogP contribution in [-0.2, 0) is 13.0 Å². The normalized spacial score (nSPS) is 12.6. The maximum atomic E-state index is 9.84. The summed E-state index contributed by atoms with van der Waals surface area (Å²) < 4.78 is 0. The highest BCUT2D eigenvalue weighted by atomic mass is 35.5. The minimum Gasteiger partial charge on any atom is -0.506 e. The van der Waals surface area contributed by atoms with E-state index in [1.54, 1.807) is 17.4 Å². The van der Waals surface area contributed by atoms with Gasteiger partial charge in [-0.25, -0.2) is 4.98 Å². The number of thiazole rings is 1. The van der Waals surface area contributed by atoms with Gasteiger partial charge in [0.2, 0.25) is 0 Å². The number of aromatic nitrogens is 1. The van der Waals surface area contributed by atoms with Gasteiger partial charge < -0.3 is 10.4 Å². The van der Waals surface area contributed by atoms with Gasteiger partial charge in [-0.3, -0.25) is 0 Å². The van der Waals surface area contributed by atoms with E-state index in [1.807, 2.05) is 18.3 Å². The van der Waals surface area contributed by atoms with Crippen LogP contribution in [0.3, 0.4) is 0 Å². The second-order valence-corrected chi connectivity index (χ2v) is 5.92. The number of benzene rings is 1. The van der Waals surface area contributed by atoms with Crippen molar-refractivity contribution in [3.63, 3.8) is 0 Å². The first kappa shape index (κ1) is 14.3. The summed E-state index contributed by atoms with van der Waals surface area (Å²) in [6.45, 7) is 4.76. The van der Waals surface area contributed by atoms with E-state index < -0.39 is 0 Å². The molecule has 1 heterocycles. The van der Waals surface area contributed by atoms with Gasteiger partial charge in [-0.15, -0.1) is 11.3 Å². The molecule has 0 aliphatic carbocycles. The van der Waals surface area contributed by atoms with Crippen molar-refractivity contribution in [3.8, 4) is 5.75 Å². The molecule has 2 N–H and O–H groups in total. The molecular weight excluding hydrogens is 280 g/mol. The number of phenols is 1. The molecule has 0 spiro atoms. The molecule has 5 heteroatoms. The number of nitrogens with zero attached hydrogens (tertiary/aromatic N) is 1. The van der Waals surface area contributed by atoms with Crippen molar-refractivity contribution in [2.24, 2.45) is 0 Å². The zero-order valence-corrected chi connectivity index (χ0v) is 12.6. The maximum absolute atomic E-state index is 9.84. The molecule has 0 bridgehead atoms. The topological polar surface area (TPSA) is 45.2 Å². The van der Waals surface area contributed by atoms with E-state index in [0.29, 0.717) is 11.6 Å². The van der Waals surface area contributed by atoms with Crippen LogP contribution >= 0.6 is 22.9 Å². The predicted octanol–water partition coefficient (Wildman–Crippen LogP) is 3.92. The number of aromatic hydroxyl groups is 1. The van der Waals surface area contributed by atoms with E-state index in [1.165, 1.54) is 4.88 Å². The van der Waals surface area contributed by atoms with Gasteiger partial charge in [0.1, 0.15) is 10.8 Å². The summed E-state index contributed by atoms with van der Waals surface area (Å²) in [4.78, 5) is 5.69. The summed E-state index contributed by atoms with van der Waals surface area (Å²) in [6.07, 6.45) is 2.94. The van der Waals surface area contributed by atoms with Crippen LogP contribution in [0.1, 0.15) is 35.3 Å². The van der Waals surface area contributed by atoms with Crippen LogP contribution in [-0.4, -0.2) is 10.1 Å². The van der Waals surface area contributed by atoms with Gasteiger partial charge in [-0.05, 0) is 19.4 Å². The standard InChI is InChI=1S/C14H17ClN2OS/c1-3-11-8-17-14(19-11)9(2)16-7-10-5-4-6-12(15)13(10)18/h4-6,8-9,16,18H,3,7H2,1-2H3. The molecule has 0 saturated carbocycles. The third kappa shape index (κ3) is 3.47. The molecule has 0 aliphatic rings. The number of hydrogen-bond acceptors (Lipinski definition) is 4. The first-order valence-corrected chi connectivity index (χ1v) is 7.45. The van der Waals surface area contributed by atoms with Gasteiger partial charge in [0, 0.05) is 23.2 Å². The third-order valence-electron chi connectivity index (χ3n) is 2.96. The molecule has 3 nitrogen and oxygen atoms in total. The van der Waals surface area contributed by atoms with Crippen molar-refractivity contribution in [3.05, 3.63) is 44.9 Å². The molecule has 1 aromatic heterocycles. The highest BCUT2D eigenvalue weighted by molar-refractivity contribution is 7.11. The Morgan fingerprint density at radius 3 is 2.95 bits per heavy atom. The van der Waals surface area contributed by atoms with Gasteiger partial charge in [0.05, 0.1) is 11.1 Å². The van der Waals surface area contributed by atoms with E-state index >= 15 is 0 Å². The summed E-state index contributed by atoms with van der Waals surface area (Å²) in [5.74, 6) is 0.150. The monoisotopic (exact) mass is 296 g/mol. The molecule has 0 aliphatic heterocycles. The Balaban J connectivity index is 2.00. The van der Waals surface area contributed by atoms with Gasteiger partial charge in [-0.2, -0.15) is 0 Å². The Morgan fingerprint density at radius 1 is 1.47 bits per heavy atom. The summed E-state index contributed by atoms with van der Waals surface area (Å²) in [5.41, 5.74) is 0.798. The Morgan fingerprint density at radius 2 is 2.26 bits per heavy atom. The van der Waals surface area contributed by atoms with E-state index in [2.05, 4.69) is 24.1 Å². The van der Waals surface area contributed by atoms with Crippen molar-refractivity contribution in [2.75, 3.05) is 0 Å². The van der Waals surface area contributed by atoms with Gasteiger partial charge >= 0.3 is 0 Å². The average molecular weight is 297 g/mol. The van der Waals surface area contributed by atoms with Gasteiger partial charge in [-0.1, -0.05) is 30.7 Å². The van der Waals surface area contributed by atoms with Crippen molar-refractivity contribution in [2.45, 2.75) is 32.9 Å². The highest BCUT2D eigenvalue weighted by Gasteiger charge is 2.11. The highest BCUT2D eigenvalue weighted by Crippen LogP contribution is 2.27. The smallest absolute Gasteiger partial charge is 0.138 e. The van der Waals surface area contributed by atoms with Crippen LogP contribution in [0.5, 0.6) is 5.75 Å². The quantitative estimate of drug-likeness (QED) is 0.879. The second-order valence-electron chi connectivity index (χ2n) is 4.37.